The van der Waals surface area contributed by atoms with Gasteiger partial charge in [-0.3, -0.25) is 4.68 Å². The summed E-state index contributed by atoms with van der Waals surface area (Å²) in [5.74, 6) is 0.850. The van der Waals surface area contributed by atoms with Gasteiger partial charge in [0.15, 0.2) is 5.82 Å². The quantitative estimate of drug-likeness (QED) is 0.855. The highest BCUT2D eigenvalue weighted by Crippen LogP contribution is 2.22. The highest BCUT2D eigenvalue weighted by Gasteiger charge is 2.28. The van der Waals surface area contributed by atoms with Crippen molar-refractivity contribution in [3.05, 3.63) is 17.6 Å². The van der Waals surface area contributed by atoms with Crippen molar-refractivity contribution < 1.29 is 9.26 Å². The minimum atomic E-state index is -0.774. The van der Waals surface area contributed by atoms with Crippen molar-refractivity contribution in [1.82, 2.24) is 19.9 Å². The summed E-state index contributed by atoms with van der Waals surface area (Å²) in [7, 11) is 1.85. The van der Waals surface area contributed by atoms with E-state index in [9.17, 15) is 0 Å². The molecule has 0 aliphatic heterocycles. The Morgan fingerprint density at radius 3 is 2.80 bits per heavy atom. The summed E-state index contributed by atoms with van der Waals surface area (Å²) in [5.41, 5.74) is 7.14. The molecule has 2 aromatic heterocycles. The second kappa shape index (κ2) is 5.72. The summed E-state index contributed by atoms with van der Waals surface area (Å²) in [6, 6.07) is 1.94. The molecule has 0 aromatic carbocycles. The molecule has 0 aliphatic carbocycles. The van der Waals surface area contributed by atoms with Gasteiger partial charge in [-0.15, -0.1) is 0 Å². The van der Waals surface area contributed by atoms with Crippen molar-refractivity contribution >= 4 is 0 Å². The van der Waals surface area contributed by atoms with Gasteiger partial charge in [-0.05, 0) is 26.3 Å². The SMILES string of the molecule is CCOCC(C)(N)c1noc(-c2cc(CC)nn2C)n1. The van der Waals surface area contributed by atoms with Gasteiger partial charge in [0.25, 0.3) is 5.89 Å². The molecule has 2 aromatic rings. The Balaban J connectivity index is 2.26. The van der Waals surface area contributed by atoms with Gasteiger partial charge >= 0.3 is 0 Å². The molecule has 2 heterocycles. The molecule has 0 aliphatic rings. The highest BCUT2D eigenvalue weighted by molar-refractivity contribution is 5.48. The molecule has 7 nitrogen and oxygen atoms in total. The van der Waals surface area contributed by atoms with E-state index in [2.05, 4.69) is 15.2 Å². The van der Waals surface area contributed by atoms with Crippen LogP contribution in [0.3, 0.4) is 0 Å². The monoisotopic (exact) mass is 279 g/mol. The molecule has 2 N–H and O–H groups in total. The third-order valence-electron chi connectivity index (χ3n) is 3.05. The summed E-state index contributed by atoms with van der Waals surface area (Å²) >= 11 is 0. The van der Waals surface area contributed by atoms with Gasteiger partial charge in [0, 0.05) is 13.7 Å². The Kier molecular flexibility index (Phi) is 4.20. The van der Waals surface area contributed by atoms with Gasteiger partial charge in [0.1, 0.15) is 11.2 Å². The third kappa shape index (κ3) is 2.88. The number of hydrogen-bond donors (Lipinski definition) is 1. The van der Waals surface area contributed by atoms with Crippen LogP contribution in [0.25, 0.3) is 11.6 Å². The van der Waals surface area contributed by atoms with Crippen LogP contribution >= 0.6 is 0 Å². The first-order valence-electron chi connectivity index (χ1n) is 6.72. The van der Waals surface area contributed by atoms with Crippen LogP contribution in [0.2, 0.25) is 0 Å². The molecule has 1 unspecified atom stereocenters. The Bertz CT molecular complexity index is 573. The van der Waals surface area contributed by atoms with Gasteiger partial charge in [-0.2, -0.15) is 10.1 Å². The average molecular weight is 279 g/mol. The van der Waals surface area contributed by atoms with Crippen LogP contribution in [0.15, 0.2) is 10.6 Å². The van der Waals surface area contributed by atoms with Gasteiger partial charge in [-0.25, -0.2) is 0 Å². The van der Waals surface area contributed by atoms with Gasteiger partial charge in [0.2, 0.25) is 0 Å². The van der Waals surface area contributed by atoms with Crippen LogP contribution in [0, 0.1) is 0 Å². The first-order valence-corrected chi connectivity index (χ1v) is 6.72. The van der Waals surface area contributed by atoms with Crippen LogP contribution in [-0.4, -0.2) is 33.1 Å². The number of hydrogen-bond acceptors (Lipinski definition) is 6. The largest absolute Gasteiger partial charge is 0.379 e. The zero-order valence-corrected chi connectivity index (χ0v) is 12.4. The zero-order valence-electron chi connectivity index (χ0n) is 12.4. The molecule has 110 valence electrons. The predicted octanol–water partition coefficient (Wildman–Crippen LogP) is 1.24. The maximum atomic E-state index is 6.15. The van der Waals surface area contributed by atoms with Crippen LogP contribution in [0.5, 0.6) is 0 Å². The van der Waals surface area contributed by atoms with E-state index >= 15 is 0 Å². The average Bonchev–Trinajstić information content (AvgIpc) is 3.02. The van der Waals surface area contributed by atoms with E-state index in [1.165, 1.54) is 0 Å². The fraction of sp³-hybridized carbons (Fsp3) is 0.615. The second-order valence-corrected chi connectivity index (χ2v) is 4.98. The smallest absolute Gasteiger partial charge is 0.276 e. The molecule has 0 spiro atoms. The fourth-order valence-corrected chi connectivity index (χ4v) is 1.84. The number of nitrogens with two attached hydrogens (primary N) is 1. The van der Waals surface area contributed by atoms with Crippen LogP contribution < -0.4 is 5.73 Å². The van der Waals surface area contributed by atoms with E-state index in [1.807, 2.05) is 33.9 Å². The third-order valence-corrected chi connectivity index (χ3v) is 3.05. The lowest BCUT2D eigenvalue weighted by Crippen LogP contribution is -2.39. The van der Waals surface area contributed by atoms with Crippen molar-refractivity contribution in [2.75, 3.05) is 13.2 Å². The second-order valence-electron chi connectivity index (χ2n) is 4.98. The van der Waals surface area contributed by atoms with E-state index in [4.69, 9.17) is 15.0 Å². The van der Waals surface area contributed by atoms with E-state index in [-0.39, 0.29) is 0 Å². The normalized spacial score (nSPS) is 14.4. The van der Waals surface area contributed by atoms with Crippen molar-refractivity contribution in [3.63, 3.8) is 0 Å². The summed E-state index contributed by atoms with van der Waals surface area (Å²) in [6.45, 7) is 6.72. The minimum Gasteiger partial charge on any atom is -0.379 e. The Morgan fingerprint density at radius 2 is 2.20 bits per heavy atom. The maximum Gasteiger partial charge on any atom is 0.276 e. The number of rotatable bonds is 6. The molecule has 0 saturated carbocycles. The molecule has 2 rings (SSSR count). The summed E-state index contributed by atoms with van der Waals surface area (Å²) in [4.78, 5) is 4.37. The lowest BCUT2D eigenvalue weighted by atomic mass is 10.1. The Hall–Kier alpha value is -1.73. The number of aromatic nitrogens is 4. The molecular weight excluding hydrogens is 258 g/mol. The summed E-state index contributed by atoms with van der Waals surface area (Å²) in [6.07, 6.45) is 0.855. The van der Waals surface area contributed by atoms with Crippen LogP contribution in [-0.2, 0) is 23.7 Å². The minimum absolute atomic E-state index is 0.341. The van der Waals surface area contributed by atoms with E-state index < -0.39 is 5.54 Å². The van der Waals surface area contributed by atoms with E-state index in [0.717, 1.165) is 17.8 Å². The van der Waals surface area contributed by atoms with Crippen molar-refractivity contribution in [2.24, 2.45) is 12.8 Å². The Morgan fingerprint density at radius 1 is 1.45 bits per heavy atom. The number of ether oxygens (including phenoxy) is 1. The zero-order chi connectivity index (χ0) is 14.8. The van der Waals surface area contributed by atoms with Gasteiger partial charge in [0.05, 0.1) is 12.3 Å². The van der Waals surface area contributed by atoms with E-state index in [1.54, 1.807) is 4.68 Å². The van der Waals surface area contributed by atoms with E-state index in [0.29, 0.717) is 24.9 Å². The lowest BCUT2D eigenvalue weighted by Gasteiger charge is -2.19. The maximum absolute atomic E-state index is 6.15. The molecule has 0 fully saturated rings. The lowest BCUT2D eigenvalue weighted by molar-refractivity contribution is 0.0962. The topological polar surface area (TPSA) is 92.0 Å². The molecule has 20 heavy (non-hydrogen) atoms. The van der Waals surface area contributed by atoms with Crippen molar-refractivity contribution in [3.8, 4) is 11.6 Å². The van der Waals surface area contributed by atoms with Crippen molar-refractivity contribution in [1.29, 1.82) is 0 Å². The first kappa shape index (κ1) is 14.7. The molecular formula is C13H21N5O2. The molecule has 7 heteroatoms. The summed E-state index contributed by atoms with van der Waals surface area (Å²) < 4.78 is 12.4. The molecule has 0 radical (unpaired) electrons. The van der Waals surface area contributed by atoms with Crippen LogP contribution in [0.1, 0.15) is 32.3 Å². The molecule has 1 atom stereocenters. The number of aryl methyl sites for hydroxylation is 2. The highest BCUT2D eigenvalue weighted by atomic mass is 16.5. The molecule has 0 saturated heterocycles. The van der Waals surface area contributed by atoms with Gasteiger partial charge < -0.3 is 15.0 Å². The van der Waals surface area contributed by atoms with Crippen molar-refractivity contribution in [2.45, 2.75) is 32.7 Å². The molecule has 0 bridgehead atoms. The standard InChI is InChI=1S/C13H21N5O2/c1-5-9-7-10(18(4)16-9)11-15-12(17-20-11)13(3,14)8-19-6-2/h7H,5-6,8,14H2,1-4H3. The Labute approximate surface area is 118 Å². The van der Waals surface area contributed by atoms with Gasteiger partial charge in [-0.1, -0.05) is 12.1 Å². The van der Waals surface area contributed by atoms with Crippen LogP contribution in [0.4, 0.5) is 0 Å². The number of nitrogens with zero attached hydrogens (tertiary/aromatic N) is 4. The first-order chi connectivity index (χ1) is 9.47. The fourth-order valence-electron chi connectivity index (χ4n) is 1.84. The predicted molar refractivity (Wildman–Crippen MR) is 73.9 cm³/mol. The summed E-state index contributed by atoms with van der Waals surface area (Å²) in [5, 5.41) is 8.32. The molecule has 0 amide bonds.